The summed E-state index contributed by atoms with van der Waals surface area (Å²) in [6.45, 7) is 2.01. The number of isothiocyanates is 1. The molecule has 0 N–H and O–H groups in total. The first-order valence-electron chi connectivity index (χ1n) is 8.85. The predicted molar refractivity (Wildman–Crippen MR) is 153 cm³/mol. The number of fused-ring (bicyclic) bond motifs is 2. The van der Waals surface area contributed by atoms with Gasteiger partial charge in [0.25, 0.3) is 0 Å². The molecule has 0 unspecified atom stereocenters. The quantitative estimate of drug-likeness (QED) is 0.0383. The van der Waals surface area contributed by atoms with Crippen molar-refractivity contribution in [2.45, 2.75) is 6.92 Å². The van der Waals surface area contributed by atoms with Crippen molar-refractivity contribution in [3.63, 3.8) is 0 Å². The molecule has 0 spiro atoms. The van der Waals surface area contributed by atoms with Crippen molar-refractivity contribution in [1.82, 2.24) is 9.97 Å². The maximum absolute atomic E-state index is 11.5. The Balaban J connectivity index is -0.000000835. The van der Waals surface area contributed by atoms with Crippen molar-refractivity contribution in [2.75, 3.05) is 4.93 Å². The third kappa shape index (κ3) is 10.4. The van der Waals surface area contributed by atoms with Crippen LogP contribution in [0, 0.1) is 32.4 Å². The van der Waals surface area contributed by atoms with E-state index in [9.17, 15) is 9.90 Å². The smallest absolute Gasteiger partial charge is 0.753 e. The van der Waals surface area contributed by atoms with E-state index < -0.39 is 5.97 Å². The molecule has 0 fully saturated rings. The minimum absolute atomic E-state index is 0. The molecular formula is C25H22IN4O2RuS2-. The average Bonchev–Trinajstić information content (AvgIpc) is 2.80. The molecule has 0 radical (unpaired) electrons. The molecule has 2 heterocycles. The minimum atomic E-state index is -1.22. The maximum Gasteiger partial charge on any atom is 4.00 e. The van der Waals surface area contributed by atoms with Crippen LogP contribution in [-0.2, 0) is 32.1 Å². The number of aromatic nitrogens is 2. The number of carboxylic acids is 1. The Morgan fingerprint density at radius 3 is 1.83 bits per heavy atom. The molecule has 0 bridgehead atoms. The van der Waals surface area contributed by atoms with E-state index in [1.165, 1.54) is 16.6 Å². The number of thiocyanates is 1. The third-order valence-corrected chi connectivity index (χ3v) is 4.12. The van der Waals surface area contributed by atoms with E-state index in [1.54, 1.807) is 18.2 Å². The van der Waals surface area contributed by atoms with Crippen LogP contribution in [0.15, 0.2) is 60.7 Å². The van der Waals surface area contributed by atoms with Crippen molar-refractivity contribution in [2.24, 2.45) is 0 Å². The van der Waals surface area contributed by atoms with Crippen LogP contribution in [0.4, 0.5) is 0 Å². The van der Waals surface area contributed by atoms with Crippen molar-refractivity contribution in [1.29, 1.82) is 5.26 Å². The topological polar surface area (TPSA) is 112 Å². The number of carboxylic acid groups (broad SMARTS) is 1. The Morgan fingerprint density at radius 2 is 1.37 bits per heavy atom. The van der Waals surface area contributed by atoms with E-state index in [1.807, 2.05) is 48.3 Å². The number of carbonyl (C=O) groups excluding carboxylic acids is 1. The zero-order chi connectivity index (χ0) is 24.1. The van der Waals surface area contributed by atoms with Gasteiger partial charge in [0.15, 0.2) is 0 Å². The Morgan fingerprint density at radius 1 is 1.00 bits per heavy atom. The van der Waals surface area contributed by atoms with Crippen molar-refractivity contribution < 1.29 is 29.4 Å². The van der Waals surface area contributed by atoms with Crippen LogP contribution in [0.2, 0.25) is 0 Å². The minimum Gasteiger partial charge on any atom is -0.753 e. The second-order valence-electron chi connectivity index (χ2n) is 5.88. The predicted octanol–water partition coefficient (Wildman–Crippen LogP) is 5.74. The summed E-state index contributed by atoms with van der Waals surface area (Å²) in [7, 11) is 0. The van der Waals surface area contributed by atoms with Gasteiger partial charge in [-0.3, -0.25) is 0 Å². The Bertz CT molecular complexity index is 1310. The third-order valence-electron chi connectivity index (χ3n) is 4.12. The Hall–Kier alpha value is -2.41. The number of nitrogens with zero attached hydrogens (tertiary/aromatic N) is 4. The zero-order valence-electron chi connectivity index (χ0n) is 19.4. The number of halogens is 1. The summed E-state index contributed by atoms with van der Waals surface area (Å²) in [5.74, 6) is -1.22. The summed E-state index contributed by atoms with van der Waals surface area (Å²) < 4.78 is 0. The van der Waals surface area contributed by atoms with Gasteiger partial charge in [-0.2, -0.15) is 5.16 Å². The first kappa shape index (κ1) is 37.1. The van der Waals surface area contributed by atoms with Gasteiger partial charge in [0.2, 0.25) is 0 Å². The molecule has 182 valence electrons. The molecule has 0 atom stereocenters. The molecule has 35 heavy (non-hydrogen) atoms. The molecule has 0 aliphatic rings. The van der Waals surface area contributed by atoms with Gasteiger partial charge >= 0.3 is 19.5 Å². The van der Waals surface area contributed by atoms with Crippen molar-refractivity contribution in [3.05, 3.63) is 92.1 Å². The largest absolute Gasteiger partial charge is 4.00 e. The fourth-order valence-corrected chi connectivity index (χ4v) is 2.96. The molecule has 0 aliphatic carbocycles. The van der Waals surface area contributed by atoms with E-state index in [-0.39, 0.29) is 39.9 Å². The van der Waals surface area contributed by atoms with Crippen LogP contribution in [0.5, 0.6) is 0 Å². The second-order valence-corrected chi connectivity index (χ2v) is 6.25. The van der Waals surface area contributed by atoms with Crippen molar-refractivity contribution >= 4 is 80.4 Å². The number of hydrogen-bond donors (Lipinski definition) is 0. The molecule has 0 aliphatic heterocycles. The van der Waals surface area contributed by atoms with E-state index in [2.05, 4.69) is 57.4 Å². The average molecular weight is 703 g/mol. The van der Waals surface area contributed by atoms with Crippen LogP contribution in [-0.4, -0.2) is 26.0 Å². The maximum atomic E-state index is 11.5. The van der Waals surface area contributed by atoms with Gasteiger partial charge in [-0.1, -0.05) is 76.6 Å². The number of rotatable bonds is 2. The Kier molecular flexibility index (Phi) is 21.1. The number of nitriles is 1. The molecular weight excluding hydrogens is 680 g/mol. The van der Waals surface area contributed by atoms with Gasteiger partial charge in [0.05, 0.1) is 28.4 Å². The normalized spacial score (nSPS) is 8.17. The first-order chi connectivity index (χ1) is 15.5. The van der Waals surface area contributed by atoms with Crippen LogP contribution >= 0.6 is 34.8 Å². The van der Waals surface area contributed by atoms with Crippen molar-refractivity contribution in [3.8, 4) is 16.8 Å². The number of para-hydroxylation sites is 2. The van der Waals surface area contributed by atoms with E-state index >= 15 is 0 Å². The van der Waals surface area contributed by atoms with Gasteiger partial charge in [0, 0.05) is 16.3 Å². The molecule has 2 aromatic heterocycles. The van der Waals surface area contributed by atoms with Crippen LogP contribution in [0.25, 0.3) is 38.6 Å². The molecule has 4 rings (SSSR count). The zero-order valence-corrected chi connectivity index (χ0v) is 25.0. The molecule has 4 aromatic rings. The molecule has 0 saturated carbocycles. The van der Waals surface area contributed by atoms with Gasteiger partial charge in [0.1, 0.15) is 0 Å². The molecule has 0 amide bonds. The van der Waals surface area contributed by atoms with Crippen LogP contribution < -0.4 is 5.11 Å². The number of aryl methyl sites for hydroxylation is 1. The number of thiocarbonyl (C=S) groups is 1. The molecule has 2 aromatic carbocycles. The summed E-state index contributed by atoms with van der Waals surface area (Å²) in [4.78, 5) is 22.7. The van der Waals surface area contributed by atoms with E-state index in [4.69, 9.17) is 10.7 Å². The number of carbonyl (C=O) groups is 1. The number of pyridine rings is 2. The summed E-state index contributed by atoms with van der Waals surface area (Å²) in [6, 6.07) is 18.5. The number of hydrogen-bond acceptors (Lipinski definition) is 7. The number of benzene rings is 2. The summed E-state index contributed by atoms with van der Waals surface area (Å²) in [5, 5.41) is 30.1. The van der Waals surface area contributed by atoms with Gasteiger partial charge in [-0.25, -0.2) is 15.2 Å². The van der Waals surface area contributed by atoms with Crippen LogP contribution in [0.1, 0.15) is 15.9 Å². The monoisotopic (exact) mass is 703 g/mol. The molecule has 10 heteroatoms. The standard InChI is InChI=1S/C20H14N2O2.CH3I.CHNS.CNS.2CH3.Ru/c1-12-10-18(21-16-8-4-2-6-13(12)16)19-11-15(20(23)24)14-7-3-5-9-17(14)22-19;1-2;2*2-1-3;;;/h2-11H,1H3,(H,23,24);1H3;3H;;2*1H3;/q;;;3*-1;+4/p-2. The van der Waals surface area contributed by atoms with Gasteiger partial charge < -0.3 is 42.8 Å². The van der Waals surface area contributed by atoms with Gasteiger partial charge in [-0.05, 0) is 41.7 Å². The second kappa shape index (κ2) is 19.9. The summed E-state index contributed by atoms with van der Waals surface area (Å²) in [6.07, 6.45) is 0. The van der Waals surface area contributed by atoms with Crippen LogP contribution in [0.3, 0.4) is 0 Å². The molecule has 0 saturated heterocycles. The van der Waals surface area contributed by atoms with E-state index in [0.717, 1.165) is 16.5 Å². The van der Waals surface area contributed by atoms with E-state index in [0.29, 0.717) is 22.3 Å². The van der Waals surface area contributed by atoms with Gasteiger partial charge in [-0.15, -0.1) is 0 Å². The summed E-state index contributed by atoms with van der Waals surface area (Å²) in [5.41, 5.74) is 3.85. The fraction of sp³-hybridized carbons (Fsp3) is 0.0800. The first-order valence-corrected chi connectivity index (χ1v) is 11.8. The molecule has 6 nitrogen and oxygen atoms in total. The Labute approximate surface area is 244 Å². The number of aromatic carboxylic acids is 1. The summed E-state index contributed by atoms with van der Waals surface area (Å²) >= 11 is 9.55. The fourth-order valence-electron chi connectivity index (χ4n) is 2.96. The number of alkyl halides is 1. The SMILES string of the molecule is CI.Cc1cc(-c2cc(C(=O)[O-])c3ccccc3n2)nc2ccccc12.N#C[S-].[CH3-].[CH3-].[N-]=C=S.[Ru+4].